The zero-order valence-electron chi connectivity index (χ0n) is 13.3. The Bertz CT molecular complexity index is 999. The summed E-state index contributed by atoms with van der Waals surface area (Å²) in [5.41, 5.74) is 8.79. The number of benzene rings is 1. The molecule has 1 aromatic carbocycles. The largest absolute Gasteiger partial charge is 0.496 e. The first-order chi connectivity index (χ1) is 12.2. The minimum atomic E-state index is -0.416. The van der Waals surface area contributed by atoms with Gasteiger partial charge in [0.2, 0.25) is 11.8 Å². The van der Waals surface area contributed by atoms with Crippen LogP contribution in [0.25, 0.3) is 10.6 Å². The Labute approximate surface area is 148 Å². The Balaban J connectivity index is 1.99. The van der Waals surface area contributed by atoms with Crippen LogP contribution in [0.2, 0.25) is 0 Å². The molecule has 0 saturated carbocycles. The number of para-hydroxylation sites is 1. The van der Waals surface area contributed by atoms with Crippen LogP contribution in [-0.2, 0) is 0 Å². The van der Waals surface area contributed by atoms with Crippen molar-refractivity contribution in [3.8, 4) is 28.3 Å². The van der Waals surface area contributed by atoms with Gasteiger partial charge in [-0.2, -0.15) is 5.26 Å². The molecule has 0 fully saturated rings. The van der Waals surface area contributed by atoms with Gasteiger partial charge in [0.1, 0.15) is 17.4 Å². The highest BCUT2D eigenvalue weighted by Crippen LogP contribution is 2.48. The van der Waals surface area contributed by atoms with E-state index in [4.69, 9.17) is 15.2 Å². The van der Waals surface area contributed by atoms with E-state index in [0.29, 0.717) is 17.2 Å². The lowest BCUT2D eigenvalue weighted by Gasteiger charge is -2.25. The van der Waals surface area contributed by atoms with E-state index in [1.165, 1.54) is 0 Å². The molecule has 0 amide bonds. The molecule has 3 aromatic rings. The van der Waals surface area contributed by atoms with Crippen LogP contribution in [0.1, 0.15) is 17.0 Å². The number of nitrogens with two attached hydrogens (primary N) is 1. The van der Waals surface area contributed by atoms with Crippen LogP contribution < -0.4 is 15.2 Å². The maximum Gasteiger partial charge on any atom is 0.244 e. The molecule has 0 radical (unpaired) electrons. The van der Waals surface area contributed by atoms with Crippen molar-refractivity contribution < 1.29 is 9.47 Å². The maximum atomic E-state index is 9.70. The van der Waals surface area contributed by atoms with Crippen LogP contribution in [-0.4, -0.2) is 17.3 Å². The smallest absolute Gasteiger partial charge is 0.244 e. The third kappa shape index (κ3) is 2.35. The molecule has 1 aliphatic heterocycles. The minimum Gasteiger partial charge on any atom is -0.496 e. The zero-order valence-corrected chi connectivity index (χ0v) is 14.1. The molecule has 3 heterocycles. The van der Waals surface area contributed by atoms with Gasteiger partial charge in [0.05, 0.1) is 29.2 Å². The summed E-state index contributed by atoms with van der Waals surface area (Å²) < 4.78 is 11.1. The highest BCUT2D eigenvalue weighted by atomic mass is 32.1. The summed E-state index contributed by atoms with van der Waals surface area (Å²) in [4.78, 5) is 1.01. The molecule has 4 rings (SSSR count). The van der Waals surface area contributed by atoms with Crippen molar-refractivity contribution in [3.63, 3.8) is 0 Å². The van der Waals surface area contributed by atoms with Crippen molar-refractivity contribution in [2.75, 3.05) is 7.11 Å². The van der Waals surface area contributed by atoms with Crippen LogP contribution in [0.5, 0.6) is 11.6 Å². The van der Waals surface area contributed by atoms with Crippen molar-refractivity contribution in [2.45, 2.75) is 5.92 Å². The Morgan fingerprint density at radius 2 is 2.16 bits per heavy atom. The summed E-state index contributed by atoms with van der Waals surface area (Å²) >= 11 is 1.58. The average Bonchev–Trinajstić information content (AvgIpc) is 3.29. The lowest BCUT2D eigenvalue weighted by molar-refractivity contribution is 0.375. The first kappa shape index (κ1) is 15.3. The Kier molecular flexibility index (Phi) is 3.67. The third-order valence-electron chi connectivity index (χ3n) is 4.16. The summed E-state index contributed by atoms with van der Waals surface area (Å²) in [5, 5.41) is 19.0. The SMILES string of the molecule is COc1ccccc1C1C(C#N)=C(N)Oc2n[nH]c(-c3cccs3)c21. The number of fused-ring (bicyclic) bond motifs is 1. The molecule has 124 valence electrons. The van der Waals surface area contributed by atoms with Gasteiger partial charge in [0.25, 0.3) is 0 Å². The number of aromatic nitrogens is 2. The van der Waals surface area contributed by atoms with Crippen molar-refractivity contribution >= 4 is 11.3 Å². The van der Waals surface area contributed by atoms with Crippen LogP contribution in [0.4, 0.5) is 0 Å². The van der Waals surface area contributed by atoms with Crippen molar-refractivity contribution in [1.82, 2.24) is 10.2 Å². The second-order valence-corrected chi connectivity index (χ2v) is 6.41. The molecule has 0 aliphatic carbocycles. The summed E-state index contributed by atoms with van der Waals surface area (Å²) in [6.07, 6.45) is 0. The van der Waals surface area contributed by atoms with E-state index in [1.807, 2.05) is 41.8 Å². The predicted molar refractivity (Wildman–Crippen MR) is 94.2 cm³/mol. The molecule has 1 aliphatic rings. The van der Waals surface area contributed by atoms with Gasteiger partial charge in [-0.1, -0.05) is 24.3 Å². The number of thiophene rings is 1. The molecular weight excluding hydrogens is 336 g/mol. The molecule has 1 unspecified atom stereocenters. The number of aromatic amines is 1. The second kappa shape index (κ2) is 6.00. The number of rotatable bonds is 3. The minimum absolute atomic E-state index is 0.0649. The number of nitrogens with zero attached hydrogens (tertiary/aromatic N) is 2. The molecular formula is C18H14N4O2S. The molecule has 25 heavy (non-hydrogen) atoms. The number of hydrogen-bond donors (Lipinski definition) is 2. The average molecular weight is 350 g/mol. The normalized spacial score (nSPS) is 16.1. The molecule has 0 spiro atoms. The van der Waals surface area contributed by atoms with E-state index in [9.17, 15) is 5.26 Å². The Morgan fingerprint density at radius 1 is 1.32 bits per heavy atom. The molecule has 6 nitrogen and oxygen atoms in total. The van der Waals surface area contributed by atoms with E-state index in [-0.39, 0.29) is 5.88 Å². The lowest BCUT2D eigenvalue weighted by atomic mass is 9.83. The van der Waals surface area contributed by atoms with Gasteiger partial charge in [0.15, 0.2) is 0 Å². The van der Waals surface area contributed by atoms with Gasteiger partial charge in [-0.3, -0.25) is 5.10 Å². The maximum absolute atomic E-state index is 9.70. The number of ether oxygens (including phenoxy) is 2. The van der Waals surface area contributed by atoms with Gasteiger partial charge < -0.3 is 15.2 Å². The van der Waals surface area contributed by atoms with Crippen LogP contribution >= 0.6 is 11.3 Å². The molecule has 7 heteroatoms. The standard InChI is InChI=1S/C18H14N4O2S/c1-23-12-6-3-2-5-10(12)14-11(9-19)17(20)24-18-15(14)16(21-22-18)13-7-4-8-25-13/h2-8,14H,20H2,1H3,(H,21,22). The van der Waals surface area contributed by atoms with Crippen LogP contribution in [0, 0.1) is 11.3 Å². The van der Waals surface area contributed by atoms with E-state index >= 15 is 0 Å². The number of nitriles is 1. The highest BCUT2D eigenvalue weighted by molar-refractivity contribution is 7.13. The van der Waals surface area contributed by atoms with Gasteiger partial charge in [-0.05, 0) is 17.5 Å². The van der Waals surface area contributed by atoms with E-state index < -0.39 is 5.92 Å². The fourth-order valence-corrected chi connectivity index (χ4v) is 3.80. The Hall–Kier alpha value is -3.24. The number of allylic oxidation sites excluding steroid dienone is 1. The fraction of sp³-hybridized carbons (Fsp3) is 0.111. The number of methoxy groups -OCH3 is 1. The number of nitrogens with one attached hydrogen (secondary N) is 1. The van der Waals surface area contributed by atoms with Crippen molar-refractivity contribution in [1.29, 1.82) is 5.26 Å². The van der Waals surface area contributed by atoms with Crippen molar-refractivity contribution in [3.05, 3.63) is 64.4 Å². The van der Waals surface area contributed by atoms with Gasteiger partial charge in [0, 0.05) is 5.56 Å². The number of hydrogen-bond acceptors (Lipinski definition) is 6. The van der Waals surface area contributed by atoms with E-state index in [1.54, 1.807) is 18.4 Å². The molecule has 0 bridgehead atoms. The number of H-pyrrole nitrogens is 1. The molecule has 1 atom stereocenters. The highest BCUT2D eigenvalue weighted by Gasteiger charge is 2.37. The second-order valence-electron chi connectivity index (χ2n) is 5.46. The van der Waals surface area contributed by atoms with Gasteiger partial charge in [-0.15, -0.1) is 16.4 Å². The molecule has 2 aromatic heterocycles. The van der Waals surface area contributed by atoms with E-state index in [2.05, 4.69) is 16.3 Å². The quantitative estimate of drug-likeness (QED) is 0.755. The summed E-state index contributed by atoms with van der Waals surface area (Å²) in [6.45, 7) is 0. The first-order valence-corrected chi connectivity index (χ1v) is 8.45. The van der Waals surface area contributed by atoms with E-state index in [0.717, 1.165) is 21.7 Å². The third-order valence-corrected chi connectivity index (χ3v) is 5.04. The zero-order chi connectivity index (χ0) is 17.4. The summed E-state index contributed by atoms with van der Waals surface area (Å²) in [6, 6.07) is 13.7. The van der Waals surface area contributed by atoms with Crippen LogP contribution in [0.3, 0.4) is 0 Å². The lowest BCUT2D eigenvalue weighted by Crippen LogP contribution is -2.21. The Morgan fingerprint density at radius 3 is 2.88 bits per heavy atom. The predicted octanol–water partition coefficient (Wildman–Crippen LogP) is 3.36. The fourth-order valence-electron chi connectivity index (χ4n) is 3.07. The van der Waals surface area contributed by atoms with Gasteiger partial charge in [-0.25, -0.2) is 0 Å². The van der Waals surface area contributed by atoms with Gasteiger partial charge >= 0.3 is 0 Å². The van der Waals surface area contributed by atoms with Crippen LogP contribution in [0.15, 0.2) is 53.2 Å². The topological polar surface area (TPSA) is 96.9 Å². The summed E-state index contributed by atoms with van der Waals surface area (Å²) in [5.74, 6) is 0.714. The monoisotopic (exact) mass is 350 g/mol. The van der Waals surface area contributed by atoms with Crippen molar-refractivity contribution in [2.24, 2.45) is 5.73 Å². The molecule has 0 saturated heterocycles. The summed E-state index contributed by atoms with van der Waals surface area (Å²) in [7, 11) is 1.60. The molecule has 3 N–H and O–H groups in total. The first-order valence-electron chi connectivity index (χ1n) is 7.57.